The van der Waals surface area contributed by atoms with Gasteiger partial charge in [-0.05, 0) is 18.6 Å². The topological polar surface area (TPSA) is 42.2 Å². The molecule has 0 aliphatic rings. The van der Waals surface area contributed by atoms with Gasteiger partial charge in [-0.25, -0.2) is 0 Å². The summed E-state index contributed by atoms with van der Waals surface area (Å²) in [7, 11) is 1.59. The van der Waals surface area contributed by atoms with Gasteiger partial charge in [-0.2, -0.15) is 5.26 Å². The smallest absolute Gasteiger partial charge is 0.162 e. The van der Waals surface area contributed by atoms with Gasteiger partial charge in [0.2, 0.25) is 0 Å². The average molecular weight is 261 g/mol. The fourth-order valence-electron chi connectivity index (χ4n) is 1.92. The van der Waals surface area contributed by atoms with Crippen molar-refractivity contribution in [3.05, 3.63) is 23.8 Å². The van der Waals surface area contributed by atoms with Gasteiger partial charge in [0.1, 0.15) is 0 Å². The first-order chi connectivity index (χ1) is 9.31. The Morgan fingerprint density at radius 3 is 2.47 bits per heavy atom. The highest BCUT2D eigenvalue weighted by atomic mass is 16.5. The van der Waals surface area contributed by atoms with Crippen LogP contribution in [-0.4, -0.2) is 13.7 Å². The highest BCUT2D eigenvalue weighted by Crippen LogP contribution is 2.28. The van der Waals surface area contributed by atoms with Crippen LogP contribution in [0.3, 0.4) is 0 Å². The van der Waals surface area contributed by atoms with Crippen LogP contribution < -0.4 is 9.47 Å². The molecule has 1 aromatic rings. The summed E-state index contributed by atoms with van der Waals surface area (Å²) in [4.78, 5) is 0. The average Bonchev–Trinajstić information content (AvgIpc) is 2.46. The lowest BCUT2D eigenvalue weighted by Crippen LogP contribution is -1.99. The van der Waals surface area contributed by atoms with Crippen LogP contribution in [0.5, 0.6) is 11.5 Å². The molecule has 104 valence electrons. The monoisotopic (exact) mass is 261 g/mol. The summed E-state index contributed by atoms with van der Waals surface area (Å²) in [6.45, 7) is 2.93. The van der Waals surface area contributed by atoms with E-state index in [9.17, 15) is 0 Å². The molecule has 0 atom stereocenters. The maximum atomic E-state index is 8.82. The van der Waals surface area contributed by atoms with Crippen LogP contribution in [0.2, 0.25) is 0 Å². The van der Waals surface area contributed by atoms with Crippen molar-refractivity contribution < 1.29 is 9.47 Å². The van der Waals surface area contributed by atoms with Gasteiger partial charge < -0.3 is 9.47 Å². The molecular formula is C16H23NO2. The second kappa shape index (κ2) is 9.27. The zero-order chi connectivity index (χ0) is 13.9. The Morgan fingerprint density at radius 2 is 1.79 bits per heavy atom. The third-order valence-electron chi connectivity index (χ3n) is 3.05. The standard InChI is InChI=1S/C16H23NO2/c1-3-4-5-6-7-8-11-19-15-10-9-14(13-17)12-16(15)18-2/h9-10,12H,3-8,11H2,1-2H3. The molecule has 0 aliphatic carbocycles. The summed E-state index contributed by atoms with van der Waals surface area (Å²) in [5, 5.41) is 8.82. The van der Waals surface area contributed by atoms with E-state index in [4.69, 9.17) is 14.7 Å². The molecule has 3 heteroatoms. The van der Waals surface area contributed by atoms with Crippen molar-refractivity contribution in [2.45, 2.75) is 45.4 Å². The maximum Gasteiger partial charge on any atom is 0.162 e. The lowest BCUT2D eigenvalue weighted by Gasteiger charge is -2.10. The molecule has 0 N–H and O–H groups in total. The van der Waals surface area contributed by atoms with Crippen molar-refractivity contribution in [3.63, 3.8) is 0 Å². The molecule has 0 fully saturated rings. The number of nitriles is 1. The Labute approximate surface area is 116 Å². The zero-order valence-electron chi connectivity index (χ0n) is 11.9. The Morgan fingerprint density at radius 1 is 1.05 bits per heavy atom. The van der Waals surface area contributed by atoms with E-state index in [0.29, 0.717) is 17.9 Å². The number of rotatable bonds is 9. The molecule has 0 spiro atoms. The van der Waals surface area contributed by atoms with Crippen LogP contribution >= 0.6 is 0 Å². The Hall–Kier alpha value is -1.69. The van der Waals surface area contributed by atoms with Crippen LogP contribution in [-0.2, 0) is 0 Å². The van der Waals surface area contributed by atoms with E-state index in [-0.39, 0.29) is 0 Å². The molecule has 0 amide bonds. The number of nitrogens with zero attached hydrogens (tertiary/aromatic N) is 1. The summed E-state index contributed by atoms with van der Waals surface area (Å²) in [6.07, 6.45) is 7.47. The van der Waals surface area contributed by atoms with Crippen LogP contribution in [0.15, 0.2) is 18.2 Å². The number of methoxy groups -OCH3 is 1. The SMILES string of the molecule is CCCCCCCCOc1ccc(C#N)cc1OC. The molecular weight excluding hydrogens is 238 g/mol. The number of hydrogen-bond donors (Lipinski definition) is 0. The molecule has 1 aromatic carbocycles. The van der Waals surface area contributed by atoms with Gasteiger partial charge in [0.15, 0.2) is 11.5 Å². The minimum atomic E-state index is 0.587. The van der Waals surface area contributed by atoms with Crippen molar-refractivity contribution in [1.82, 2.24) is 0 Å². The largest absolute Gasteiger partial charge is 0.493 e. The van der Waals surface area contributed by atoms with Gasteiger partial charge >= 0.3 is 0 Å². The van der Waals surface area contributed by atoms with E-state index in [1.165, 1.54) is 32.1 Å². The van der Waals surface area contributed by atoms with Crippen molar-refractivity contribution in [1.29, 1.82) is 5.26 Å². The van der Waals surface area contributed by atoms with Crippen LogP contribution in [0.4, 0.5) is 0 Å². The fourth-order valence-corrected chi connectivity index (χ4v) is 1.92. The van der Waals surface area contributed by atoms with Gasteiger partial charge in [0, 0.05) is 6.07 Å². The molecule has 19 heavy (non-hydrogen) atoms. The zero-order valence-corrected chi connectivity index (χ0v) is 11.9. The first kappa shape index (κ1) is 15.4. The fraction of sp³-hybridized carbons (Fsp3) is 0.562. The second-order valence-electron chi connectivity index (χ2n) is 4.59. The van der Waals surface area contributed by atoms with Crippen LogP contribution in [0.25, 0.3) is 0 Å². The van der Waals surface area contributed by atoms with E-state index < -0.39 is 0 Å². The van der Waals surface area contributed by atoms with E-state index in [1.54, 1.807) is 25.3 Å². The molecule has 0 heterocycles. The summed E-state index contributed by atoms with van der Waals surface area (Å²) >= 11 is 0. The second-order valence-corrected chi connectivity index (χ2v) is 4.59. The Balaban J connectivity index is 2.31. The summed E-state index contributed by atoms with van der Waals surface area (Å²) in [6, 6.07) is 7.34. The van der Waals surface area contributed by atoms with Crippen molar-refractivity contribution in [2.24, 2.45) is 0 Å². The summed E-state index contributed by atoms with van der Waals surface area (Å²) in [5.41, 5.74) is 0.587. The van der Waals surface area contributed by atoms with Crippen molar-refractivity contribution >= 4 is 0 Å². The highest BCUT2D eigenvalue weighted by Gasteiger charge is 2.05. The lowest BCUT2D eigenvalue weighted by molar-refractivity contribution is 0.284. The van der Waals surface area contributed by atoms with Crippen LogP contribution in [0, 0.1) is 11.3 Å². The molecule has 0 aliphatic heterocycles. The van der Waals surface area contributed by atoms with Gasteiger partial charge in [-0.1, -0.05) is 39.0 Å². The minimum absolute atomic E-state index is 0.587. The van der Waals surface area contributed by atoms with Gasteiger partial charge in [-0.3, -0.25) is 0 Å². The highest BCUT2D eigenvalue weighted by molar-refractivity contribution is 5.46. The first-order valence-corrected chi connectivity index (χ1v) is 7.02. The quantitative estimate of drug-likeness (QED) is 0.622. The number of benzene rings is 1. The van der Waals surface area contributed by atoms with Gasteiger partial charge in [-0.15, -0.1) is 0 Å². The normalized spacial score (nSPS) is 9.95. The molecule has 0 saturated carbocycles. The number of hydrogen-bond acceptors (Lipinski definition) is 3. The maximum absolute atomic E-state index is 8.82. The van der Waals surface area contributed by atoms with E-state index in [1.807, 2.05) is 0 Å². The number of ether oxygens (including phenoxy) is 2. The predicted octanol–water partition coefficient (Wildman–Crippen LogP) is 4.31. The number of unbranched alkanes of at least 4 members (excludes halogenated alkanes) is 5. The van der Waals surface area contributed by atoms with E-state index in [0.717, 1.165) is 12.2 Å². The van der Waals surface area contributed by atoms with Crippen molar-refractivity contribution in [2.75, 3.05) is 13.7 Å². The molecule has 0 saturated heterocycles. The summed E-state index contributed by atoms with van der Waals surface area (Å²) in [5.74, 6) is 1.35. The van der Waals surface area contributed by atoms with E-state index >= 15 is 0 Å². The van der Waals surface area contributed by atoms with Crippen LogP contribution in [0.1, 0.15) is 51.0 Å². The van der Waals surface area contributed by atoms with Gasteiger partial charge in [0.25, 0.3) is 0 Å². The molecule has 0 aromatic heterocycles. The Kier molecular flexibility index (Phi) is 7.50. The summed E-state index contributed by atoms with van der Waals surface area (Å²) < 4.78 is 10.9. The third-order valence-corrected chi connectivity index (χ3v) is 3.05. The Bertz CT molecular complexity index is 410. The van der Waals surface area contributed by atoms with Gasteiger partial charge in [0.05, 0.1) is 25.3 Å². The third kappa shape index (κ3) is 5.65. The molecule has 0 bridgehead atoms. The lowest BCUT2D eigenvalue weighted by atomic mass is 10.1. The molecule has 0 radical (unpaired) electrons. The first-order valence-electron chi connectivity index (χ1n) is 7.02. The molecule has 0 unspecified atom stereocenters. The molecule has 3 nitrogen and oxygen atoms in total. The van der Waals surface area contributed by atoms with Crippen molar-refractivity contribution in [3.8, 4) is 17.6 Å². The minimum Gasteiger partial charge on any atom is -0.493 e. The predicted molar refractivity (Wildman–Crippen MR) is 76.6 cm³/mol. The van der Waals surface area contributed by atoms with E-state index in [2.05, 4.69) is 13.0 Å². The molecule has 1 rings (SSSR count).